The molecule has 21 heavy (non-hydrogen) atoms. The van der Waals surface area contributed by atoms with Crippen LogP contribution in [0.25, 0.3) is 0 Å². The first-order chi connectivity index (χ1) is 9.95. The van der Waals surface area contributed by atoms with E-state index in [2.05, 4.69) is 20.9 Å². The van der Waals surface area contributed by atoms with Gasteiger partial charge in [0.15, 0.2) is 0 Å². The molecule has 0 amide bonds. The van der Waals surface area contributed by atoms with E-state index in [0.717, 1.165) is 32.6 Å². The minimum atomic E-state index is -0.214. The molecular weight excluding hydrogens is 352 g/mol. The summed E-state index contributed by atoms with van der Waals surface area (Å²) in [6.07, 6.45) is 2.43. The zero-order valence-electron chi connectivity index (χ0n) is 12.3. The largest absolute Gasteiger partial charge is 0.496 e. The van der Waals surface area contributed by atoms with Gasteiger partial charge in [0.2, 0.25) is 0 Å². The van der Waals surface area contributed by atoms with Crippen molar-refractivity contribution >= 4 is 27.5 Å². The summed E-state index contributed by atoms with van der Waals surface area (Å²) >= 11 is 9.73. The quantitative estimate of drug-likeness (QED) is 0.870. The molecule has 112 valence electrons. The zero-order valence-corrected chi connectivity index (χ0v) is 14.6. The minimum absolute atomic E-state index is 0.214. The molecule has 1 aromatic carbocycles. The molecule has 1 unspecified atom stereocenters. The van der Waals surface area contributed by atoms with Crippen LogP contribution in [0, 0.1) is 13.8 Å². The van der Waals surface area contributed by atoms with Gasteiger partial charge in [0.1, 0.15) is 5.75 Å². The Hall–Kier alpha value is -1.10. The van der Waals surface area contributed by atoms with Crippen molar-refractivity contribution in [2.45, 2.75) is 26.3 Å². The Bertz CT molecular complexity index is 661. The molecule has 1 atom stereocenters. The van der Waals surface area contributed by atoms with Crippen LogP contribution in [0.4, 0.5) is 0 Å². The van der Waals surface area contributed by atoms with E-state index in [9.17, 15) is 0 Å². The van der Waals surface area contributed by atoms with E-state index in [1.165, 1.54) is 0 Å². The molecule has 0 bridgehead atoms. The van der Waals surface area contributed by atoms with Crippen molar-refractivity contribution in [3.8, 4) is 5.75 Å². The summed E-state index contributed by atoms with van der Waals surface area (Å²) in [5.74, 6) is 0.868. The first-order valence-corrected chi connectivity index (χ1v) is 7.81. The number of nitrogens with two attached hydrogens (primary N) is 1. The number of pyridine rings is 1. The molecule has 0 fully saturated rings. The Labute approximate surface area is 138 Å². The number of hydrogen-bond acceptors (Lipinski definition) is 3. The maximum atomic E-state index is 6.31. The molecule has 1 aromatic heterocycles. The van der Waals surface area contributed by atoms with E-state index >= 15 is 0 Å². The highest BCUT2D eigenvalue weighted by molar-refractivity contribution is 9.10. The van der Waals surface area contributed by atoms with Gasteiger partial charge in [0, 0.05) is 40.0 Å². The molecule has 0 spiro atoms. The third-order valence-electron chi connectivity index (χ3n) is 3.54. The van der Waals surface area contributed by atoms with Crippen molar-refractivity contribution in [1.29, 1.82) is 0 Å². The maximum absolute atomic E-state index is 6.31. The first-order valence-electron chi connectivity index (χ1n) is 6.64. The number of aryl methyl sites for hydroxylation is 1. The summed E-state index contributed by atoms with van der Waals surface area (Å²) in [5.41, 5.74) is 10.2. The van der Waals surface area contributed by atoms with Crippen molar-refractivity contribution < 1.29 is 4.74 Å². The Morgan fingerprint density at radius 3 is 2.76 bits per heavy atom. The normalized spacial score (nSPS) is 12.3. The van der Waals surface area contributed by atoms with Crippen molar-refractivity contribution in [1.82, 2.24) is 4.98 Å². The van der Waals surface area contributed by atoms with Gasteiger partial charge < -0.3 is 10.5 Å². The molecule has 1 heterocycles. The second-order valence-corrected chi connectivity index (χ2v) is 6.23. The number of rotatable bonds is 4. The van der Waals surface area contributed by atoms with E-state index in [4.69, 9.17) is 22.1 Å². The van der Waals surface area contributed by atoms with Crippen LogP contribution >= 0.6 is 27.5 Å². The Kier molecular flexibility index (Phi) is 5.25. The van der Waals surface area contributed by atoms with E-state index in [0.29, 0.717) is 11.4 Å². The topological polar surface area (TPSA) is 48.1 Å². The number of halogens is 2. The molecule has 0 radical (unpaired) electrons. The van der Waals surface area contributed by atoms with E-state index in [-0.39, 0.29) is 6.04 Å². The monoisotopic (exact) mass is 368 g/mol. The van der Waals surface area contributed by atoms with Crippen LogP contribution < -0.4 is 10.5 Å². The third kappa shape index (κ3) is 3.39. The van der Waals surface area contributed by atoms with Crippen LogP contribution in [0.1, 0.15) is 28.4 Å². The predicted octanol–water partition coefficient (Wildman–Crippen LogP) is 4.37. The Balaban J connectivity index is 2.32. The van der Waals surface area contributed by atoms with Crippen LogP contribution in [0.3, 0.4) is 0 Å². The van der Waals surface area contributed by atoms with Crippen molar-refractivity contribution in [2.75, 3.05) is 7.11 Å². The predicted molar refractivity (Wildman–Crippen MR) is 90.0 cm³/mol. The summed E-state index contributed by atoms with van der Waals surface area (Å²) in [5, 5.41) is 0.654. The van der Waals surface area contributed by atoms with Gasteiger partial charge >= 0.3 is 0 Å². The number of ether oxygens (including phenoxy) is 1. The number of methoxy groups -OCH3 is 1. The molecule has 2 aromatic rings. The lowest BCUT2D eigenvalue weighted by Crippen LogP contribution is -2.16. The lowest BCUT2D eigenvalue weighted by Gasteiger charge is -2.17. The van der Waals surface area contributed by atoms with Crippen LogP contribution in [0.2, 0.25) is 5.02 Å². The minimum Gasteiger partial charge on any atom is -0.496 e. The van der Waals surface area contributed by atoms with Gasteiger partial charge in [0.05, 0.1) is 12.1 Å². The molecule has 0 saturated carbocycles. The van der Waals surface area contributed by atoms with Gasteiger partial charge in [-0.15, -0.1) is 0 Å². The van der Waals surface area contributed by atoms with Crippen molar-refractivity contribution in [3.05, 3.63) is 56.3 Å². The molecular formula is C16H18BrClN2O. The molecule has 0 saturated heterocycles. The Morgan fingerprint density at radius 1 is 1.38 bits per heavy atom. The number of aromatic nitrogens is 1. The van der Waals surface area contributed by atoms with E-state index in [1.54, 1.807) is 7.11 Å². The molecule has 2 rings (SSSR count). The number of benzene rings is 1. The van der Waals surface area contributed by atoms with Crippen LogP contribution in [0.5, 0.6) is 5.75 Å². The second kappa shape index (κ2) is 6.77. The SMILES string of the molecule is COc1c(C)cnc(CC(N)c2cccc(Br)c2Cl)c1C. The fourth-order valence-electron chi connectivity index (χ4n) is 2.40. The van der Waals surface area contributed by atoms with Crippen LogP contribution in [0.15, 0.2) is 28.9 Å². The van der Waals surface area contributed by atoms with Crippen molar-refractivity contribution in [3.63, 3.8) is 0 Å². The molecule has 5 heteroatoms. The molecule has 2 N–H and O–H groups in total. The van der Waals surface area contributed by atoms with Crippen LogP contribution in [-0.2, 0) is 6.42 Å². The van der Waals surface area contributed by atoms with Gasteiger partial charge in [-0.3, -0.25) is 4.98 Å². The highest BCUT2D eigenvalue weighted by atomic mass is 79.9. The number of nitrogens with zero attached hydrogens (tertiary/aromatic N) is 1. The summed E-state index contributed by atoms with van der Waals surface area (Å²) in [6, 6.07) is 5.56. The van der Waals surface area contributed by atoms with Gasteiger partial charge in [-0.05, 0) is 41.4 Å². The van der Waals surface area contributed by atoms with Gasteiger partial charge in [-0.1, -0.05) is 23.7 Å². The second-order valence-electron chi connectivity index (χ2n) is 5.00. The molecule has 3 nitrogen and oxygen atoms in total. The van der Waals surface area contributed by atoms with Gasteiger partial charge in [-0.2, -0.15) is 0 Å². The smallest absolute Gasteiger partial charge is 0.128 e. The van der Waals surface area contributed by atoms with Gasteiger partial charge in [-0.25, -0.2) is 0 Å². The fourth-order valence-corrected chi connectivity index (χ4v) is 3.05. The van der Waals surface area contributed by atoms with Crippen molar-refractivity contribution in [2.24, 2.45) is 5.73 Å². The van der Waals surface area contributed by atoms with E-state index in [1.807, 2.05) is 38.2 Å². The number of hydrogen-bond donors (Lipinski definition) is 1. The third-order valence-corrected chi connectivity index (χ3v) is 4.85. The standard InChI is InChI=1S/C16H18BrClN2O/c1-9-8-20-14(10(2)16(9)21-3)7-13(19)11-5-4-6-12(17)15(11)18/h4-6,8,13H,7,19H2,1-3H3. The fraction of sp³-hybridized carbons (Fsp3) is 0.312. The highest BCUT2D eigenvalue weighted by Crippen LogP contribution is 2.32. The summed E-state index contributed by atoms with van der Waals surface area (Å²) in [4.78, 5) is 4.49. The molecule has 0 aliphatic carbocycles. The lowest BCUT2D eigenvalue weighted by atomic mass is 9.99. The lowest BCUT2D eigenvalue weighted by molar-refractivity contribution is 0.406. The summed E-state index contributed by atoms with van der Waals surface area (Å²) in [7, 11) is 1.67. The van der Waals surface area contributed by atoms with Crippen LogP contribution in [-0.4, -0.2) is 12.1 Å². The first kappa shape index (κ1) is 16.3. The molecule has 0 aliphatic heterocycles. The Morgan fingerprint density at radius 2 is 2.10 bits per heavy atom. The summed E-state index contributed by atoms with van der Waals surface area (Å²) in [6.45, 7) is 3.98. The van der Waals surface area contributed by atoms with E-state index < -0.39 is 0 Å². The zero-order chi connectivity index (χ0) is 15.6. The molecule has 0 aliphatic rings. The average molecular weight is 370 g/mol. The average Bonchev–Trinajstić information content (AvgIpc) is 2.45. The van der Waals surface area contributed by atoms with Gasteiger partial charge in [0.25, 0.3) is 0 Å². The maximum Gasteiger partial charge on any atom is 0.128 e. The highest BCUT2D eigenvalue weighted by Gasteiger charge is 2.16. The summed E-state index contributed by atoms with van der Waals surface area (Å²) < 4.78 is 6.28.